The molecule has 2 aromatic rings. The minimum absolute atomic E-state index is 0.0319. The summed E-state index contributed by atoms with van der Waals surface area (Å²) in [5.74, 6) is 0.254. The summed E-state index contributed by atoms with van der Waals surface area (Å²) in [5, 5.41) is 3.04. The molecule has 26 heavy (non-hydrogen) atoms. The molecule has 1 fully saturated rings. The van der Waals surface area contributed by atoms with Crippen LogP contribution in [0.5, 0.6) is 0 Å². The number of carbonyl (C=O) groups excluding carboxylic acids is 2. The van der Waals surface area contributed by atoms with E-state index in [9.17, 15) is 9.59 Å². The van der Waals surface area contributed by atoms with Gasteiger partial charge in [-0.3, -0.25) is 9.59 Å². The molecule has 2 atom stereocenters. The highest BCUT2D eigenvalue weighted by atomic mass is 16.2. The van der Waals surface area contributed by atoms with Gasteiger partial charge in [-0.1, -0.05) is 56.3 Å². The molecule has 1 saturated heterocycles. The van der Waals surface area contributed by atoms with Crippen LogP contribution in [0.3, 0.4) is 0 Å². The van der Waals surface area contributed by atoms with Crippen LogP contribution in [-0.4, -0.2) is 23.8 Å². The zero-order chi connectivity index (χ0) is 18.7. The average Bonchev–Trinajstić information content (AvgIpc) is 2.65. The molecule has 0 unspecified atom stereocenters. The minimum atomic E-state index is -0.259. The molecule has 0 spiro atoms. The van der Waals surface area contributed by atoms with E-state index in [2.05, 4.69) is 19.2 Å². The molecule has 0 radical (unpaired) electrons. The zero-order valence-corrected chi connectivity index (χ0v) is 15.6. The third-order valence-corrected chi connectivity index (χ3v) is 5.18. The van der Waals surface area contributed by atoms with Crippen molar-refractivity contribution in [3.8, 4) is 0 Å². The second-order valence-corrected chi connectivity index (χ2v) is 7.27. The highest BCUT2D eigenvalue weighted by Crippen LogP contribution is 2.36. The Labute approximate surface area is 155 Å². The third kappa shape index (κ3) is 3.79. The van der Waals surface area contributed by atoms with Crippen molar-refractivity contribution in [1.82, 2.24) is 4.90 Å². The highest BCUT2D eigenvalue weighted by molar-refractivity contribution is 5.94. The van der Waals surface area contributed by atoms with Crippen molar-refractivity contribution in [2.45, 2.75) is 38.6 Å². The first-order valence-electron chi connectivity index (χ1n) is 9.19. The molecule has 1 aliphatic heterocycles. The molecule has 0 aliphatic carbocycles. The lowest BCUT2D eigenvalue weighted by Crippen LogP contribution is -2.44. The van der Waals surface area contributed by atoms with Gasteiger partial charge in [0.05, 0.1) is 12.0 Å². The molecule has 2 aromatic carbocycles. The van der Waals surface area contributed by atoms with Gasteiger partial charge in [-0.05, 0) is 35.6 Å². The van der Waals surface area contributed by atoms with Gasteiger partial charge in [0.15, 0.2) is 0 Å². The zero-order valence-electron chi connectivity index (χ0n) is 15.6. The number of hydrogen-bond acceptors (Lipinski definition) is 2. The van der Waals surface area contributed by atoms with E-state index in [4.69, 9.17) is 0 Å². The third-order valence-electron chi connectivity index (χ3n) is 5.18. The second kappa shape index (κ2) is 7.73. The maximum Gasteiger partial charge on any atom is 0.229 e. The molecule has 136 valence electrons. The topological polar surface area (TPSA) is 49.4 Å². The monoisotopic (exact) mass is 350 g/mol. The molecule has 0 saturated carbocycles. The fraction of sp³-hybridized carbons (Fsp3) is 0.364. The van der Waals surface area contributed by atoms with Crippen molar-refractivity contribution in [2.24, 2.45) is 5.92 Å². The predicted molar refractivity (Wildman–Crippen MR) is 104 cm³/mol. The van der Waals surface area contributed by atoms with Gasteiger partial charge >= 0.3 is 0 Å². The Hall–Kier alpha value is -2.62. The first kappa shape index (κ1) is 18.2. The van der Waals surface area contributed by atoms with Gasteiger partial charge in [-0.25, -0.2) is 0 Å². The number of piperidine rings is 1. The summed E-state index contributed by atoms with van der Waals surface area (Å²) >= 11 is 0. The van der Waals surface area contributed by atoms with E-state index in [0.717, 1.165) is 11.3 Å². The van der Waals surface area contributed by atoms with Crippen LogP contribution in [0.15, 0.2) is 54.6 Å². The van der Waals surface area contributed by atoms with Crippen molar-refractivity contribution < 1.29 is 9.59 Å². The summed E-state index contributed by atoms with van der Waals surface area (Å²) < 4.78 is 0. The number of rotatable bonds is 4. The van der Waals surface area contributed by atoms with E-state index in [1.807, 2.05) is 54.6 Å². The van der Waals surface area contributed by atoms with Crippen molar-refractivity contribution in [2.75, 3.05) is 12.4 Å². The standard InChI is InChI=1S/C22H26N2O2/c1-15(2)16-9-11-18(12-10-16)23-22(26)19-13-14-20(25)24(3)21(19)17-7-5-4-6-8-17/h4-12,15,19,21H,13-14H2,1-3H3,(H,23,26)/t19-,21+/m1/s1. The smallest absolute Gasteiger partial charge is 0.229 e. The van der Waals surface area contributed by atoms with Gasteiger partial charge in [-0.15, -0.1) is 0 Å². The van der Waals surface area contributed by atoms with Gasteiger partial charge in [0.25, 0.3) is 0 Å². The number of likely N-dealkylation sites (tertiary alicyclic amines) is 1. The van der Waals surface area contributed by atoms with Gasteiger partial charge in [-0.2, -0.15) is 0 Å². The Morgan fingerprint density at radius 2 is 1.73 bits per heavy atom. The number of nitrogens with zero attached hydrogens (tertiary/aromatic N) is 1. The van der Waals surface area contributed by atoms with Crippen LogP contribution in [0.4, 0.5) is 5.69 Å². The van der Waals surface area contributed by atoms with Crippen LogP contribution in [0, 0.1) is 5.92 Å². The minimum Gasteiger partial charge on any atom is -0.338 e. The molecule has 0 bridgehead atoms. The summed E-state index contributed by atoms with van der Waals surface area (Å²) in [6.07, 6.45) is 0.975. The van der Waals surface area contributed by atoms with Crippen LogP contribution in [0.2, 0.25) is 0 Å². The summed E-state index contributed by atoms with van der Waals surface area (Å²) in [6.45, 7) is 4.29. The van der Waals surface area contributed by atoms with Gasteiger partial charge in [0.1, 0.15) is 0 Å². The first-order valence-corrected chi connectivity index (χ1v) is 9.19. The summed E-state index contributed by atoms with van der Waals surface area (Å²) in [7, 11) is 1.79. The fourth-order valence-corrected chi connectivity index (χ4v) is 3.61. The van der Waals surface area contributed by atoms with Gasteiger partial charge in [0, 0.05) is 19.2 Å². The lowest BCUT2D eigenvalue weighted by molar-refractivity contribution is -0.140. The van der Waals surface area contributed by atoms with E-state index in [-0.39, 0.29) is 23.8 Å². The molecule has 2 amide bonds. The Morgan fingerprint density at radius 1 is 1.08 bits per heavy atom. The molecule has 4 heteroatoms. The lowest BCUT2D eigenvalue weighted by Gasteiger charge is -2.38. The number of carbonyl (C=O) groups is 2. The molecule has 1 aliphatic rings. The van der Waals surface area contributed by atoms with E-state index in [1.165, 1.54) is 5.56 Å². The fourth-order valence-electron chi connectivity index (χ4n) is 3.61. The average molecular weight is 350 g/mol. The molecular formula is C22H26N2O2. The Bertz CT molecular complexity index is 768. The van der Waals surface area contributed by atoms with Crippen molar-refractivity contribution in [3.05, 3.63) is 65.7 Å². The van der Waals surface area contributed by atoms with Crippen LogP contribution in [-0.2, 0) is 9.59 Å². The number of anilines is 1. The predicted octanol–water partition coefficient (Wildman–Crippen LogP) is 4.36. The molecule has 3 rings (SSSR count). The van der Waals surface area contributed by atoms with Crippen molar-refractivity contribution in [1.29, 1.82) is 0 Å². The normalized spacial score (nSPS) is 20.3. The lowest BCUT2D eigenvalue weighted by atomic mass is 9.84. The van der Waals surface area contributed by atoms with E-state index >= 15 is 0 Å². The second-order valence-electron chi connectivity index (χ2n) is 7.27. The Kier molecular flexibility index (Phi) is 5.40. The molecular weight excluding hydrogens is 324 g/mol. The molecule has 1 N–H and O–H groups in total. The maximum atomic E-state index is 13.0. The van der Waals surface area contributed by atoms with E-state index in [0.29, 0.717) is 18.8 Å². The van der Waals surface area contributed by atoms with Gasteiger partial charge < -0.3 is 10.2 Å². The maximum absolute atomic E-state index is 13.0. The van der Waals surface area contributed by atoms with Crippen LogP contribution >= 0.6 is 0 Å². The number of benzene rings is 2. The molecule has 4 nitrogen and oxygen atoms in total. The first-order chi connectivity index (χ1) is 12.5. The quantitative estimate of drug-likeness (QED) is 0.891. The van der Waals surface area contributed by atoms with Crippen molar-refractivity contribution >= 4 is 17.5 Å². The van der Waals surface area contributed by atoms with E-state index in [1.54, 1.807) is 11.9 Å². The Balaban J connectivity index is 1.80. The number of hydrogen-bond donors (Lipinski definition) is 1. The summed E-state index contributed by atoms with van der Waals surface area (Å²) in [4.78, 5) is 26.9. The summed E-state index contributed by atoms with van der Waals surface area (Å²) in [6, 6.07) is 17.6. The Morgan fingerprint density at radius 3 is 2.35 bits per heavy atom. The number of nitrogens with one attached hydrogen (secondary N) is 1. The van der Waals surface area contributed by atoms with Crippen molar-refractivity contribution in [3.63, 3.8) is 0 Å². The highest BCUT2D eigenvalue weighted by Gasteiger charge is 2.38. The van der Waals surface area contributed by atoms with E-state index < -0.39 is 0 Å². The van der Waals surface area contributed by atoms with Crippen LogP contribution in [0.1, 0.15) is 49.8 Å². The molecule has 1 heterocycles. The largest absolute Gasteiger partial charge is 0.338 e. The molecule has 0 aromatic heterocycles. The van der Waals surface area contributed by atoms with Gasteiger partial charge in [0.2, 0.25) is 11.8 Å². The SMILES string of the molecule is CC(C)c1ccc(NC(=O)[C@@H]2CCC(=O)N(C)[C@H]2c2ccccc2)cc1. The number of amides is 2. The van der Waals surface area contributed by atoms with Crippen LogP contribution < -0.4 is 5.32 Å². The van der Waals surface area contributed by atoms with Crippen LogP contribution in [0.25, 0.3) is 0 Å². The summed E-state index contributed by atoms with van der Waals surface area (Å²) in [5.41, 5.74) is 3.04.